The number of amides is 1. The van der Waals surface area contributed by atoms with E-state index in [2.05, 4.69) is 26.1 Å². The first-order chi connectivity index (χ1) is 10.8. The summed E-state index contributed by atoms with van der Waals surface area (Å²) in [6, 6.07) is 3.69. The van der Waals surface area contributed by atoms with Gasteiger partial charge < -0.3 is 14.5 Å². The lowest BCUT2D eigenvalue weighted by molar-refractivity contribution is -0.915. The van der Waals surface area contributed by atoms with Crippen LogP contribution in [0.3, 0.4) is 0 Å². The summed E-state index contributed by atoms with van der Waals surface area (Å²) < 4.78 is 5.57. The van der Waals surface area contributed by atoms with Gasteiger partial charge in [-0.05, 0) is 51.8 Å². The quantitative estimate of drug-likeness (QED) is 0.620. The van der Waals surface area contributed by atoms with Gasteiger partial charge in [0.05, 0.1) is 38.0 Å². The van der Waals surface area contributed by atoms with E-state index in [1.165, 1.54) is 7.11 Å². The van der Waals surface area contributed by atoms with E-state index >= 15 is 0 Å². The number of anilines is 1. The van der Waals surface area contributed by atoms with Crippen molar-refractivity contribution >= 4 is 17.6 Å². The minimum absolute atomic E-state index is 0.0762. The van der Waals surface area contributed by atoms with E-state index in [0.29, 0.717) is 17.8 Å². The highest BCUT2D eigenvalue weighted by Gasteiger charge is 2.26. The topological polar surface area (TPSA) is 55.4 Å². The van der Waals surface area contributed by atoms with Gasteiger partial charge in [0.25, 0.3) is 5.91 Å². The van der Waals surface area contributed by atoms with Gasteiger partial charge in [-0.1, -0.05) is 6.07 Å². The number of hydrogen-bond acceptors (Lipinski definition) is 3. The molecule has 0 heterocycles. The first-order valence-electron chi connectivity index (χ1n) is 8.17. The van der Waals surface area contributed by atoms with Gasteiger partial charge in [0.15, 0.2) is 6.54 Å². The van der Waals surface area contributed by atoms with E-state index < -0.39 is 5.97 Å². The molecule has 1 aromatic carbocycles. The van der Waals surface area contributed by atoms with Crippen molar-refractivity contribution in [1.82, 2.24) is 0 Å². The third-order valence-electron chi connectivity index (χ3n) is 4.64. The minimum Gasteiger partial charge on any atom is -0.465 e. The Bertz CT molecular complexity index is 570. The number of methoxy groups -OCH3 is 1. The molecule has 1 amide bonds. The fraction of sp³-hybridized carbons (Fsp3) is 0.556. The van der Waals surface area contributed by atoms with Crippen LogP contribution in [0.5, 0.6) is 0 Å². The van der Waals surface area contributed by atoms with Gasteiger partial charge in [0.2, 0.25) is 0 Å². The highest BCUT2D eigenvalue weighted by Crippen LogP contribution is 2.24. The molecule has 0 aliphatic rings. The van der Waals surface area contributed by atoms with Crippen molar-refractivity contribution in [2.45, 2.75) is 34.6 Å². The largest absolute Gasteiger partial charge is 0.465 e. The molecule has 0 radical (unpaired) electrons. The molecule has 1 N–H and O–H groups in total. The molecule has 0 aliphatic carbocycles. The van der Waals surface area contributed by atoms with E-state index in [1.807, 2.05) is 19.9 Å². The average molecular weight is 321 g/mol. The number of carbonyl (C=O) groups is 2. The zero-order valence-corrected chi connectivity index (χ0v) is 15.2. The van der Waals surface area contributed by atoms with Gasteiger partial charge in [-0.25, -0.2) is 4.79 Å². The Kier molecular flexibility index (Phi) is 6.76. The van der Waals surface area contributed by atoms with Gasteiger partial charge in [-0.2, -0.15) is 0 Å². The van der Waals surface area contributed by atoms with Crippen LogP contribution in [0, 0.1) is 13.8 Å². The highest BCUT2D eigenvalue weighted by atomic mass is 16.5. The molecule has 1 aromatic rings. The maximum absolute atomic E-state index is 12.5. The predicted molar refractivity (Wildman–Crippen MR) is 92.6 cm³/mol. The van der Waals surface area contributed by atoms with Crippen molar-refractivity contribution in [2.75, 3.05) is 38.6 Å². The normalized spacial score (nSPS) is 11.2. The molecule has 128 valence electrons. The monoisotopic (exact) mass is 321 g/mol. The third-order valence-corrected chi connectivity index (χ3v) is 4.64. The molecule has 1 rings (SSSR count). The van der Waals surface area contributed by atoms with Crippen LogP contribution in [-0.4, -0.2) is 49.6 Å². The van der Waals surface area contributed by atoms with Crippen molar-refractivity contribution in [1.29, 1.82) is 0 Å². The van der Waals surface area contributed by atoms with Crippen molar-refractivity contribution in [3.05, 3.63) is 28.8 Å². The molecule has 5 nitrogen and oxygen atoms in total. The second kappa shape index (κ2) is 8.11. The van der Waals surface area contributed by atoms with E-state index in [-0.39, 0.29) is 5.91 Å². The summed E-state index contributed by atoms with van der Waals surface area (Å²) in [5, 5.41) is 2.92. The summed E-state index contributed by atoms with van der Waals surface area (Å²) in [7, 11) is 1.35. The molecule has 0 saturated carbocycles. The Balaban J connectivity index is 3.09. The van der Waals surface area contributed by atoms with E-state index in [1.54, 1.807) is 6.07 Å². The Labute approximate surface area is 139 Å². The number of likely N-dealkylation sites (N-methyl/N-ethyl adjacent to an activating group) is 1. The second-order valence-corrected chi connectivity index (χ2v) is 5.99. The van der Waals surface area contributed by atoms with Gasteiger partial charge >= 0.3 is 5.97 Å². The molecule has 0 bridgehead atoms. The average Bonchev–Trinajstić information content (AvgIpc) is 2.54. The maximum atomic E-state index is 12.5. The number of esters is 1. The second-order valence-electron chi connectivity index (χ2n) is 5.99. The molecule has 0 fully saturated rings. The summed E-state index contributed by atoms with van der Waals surface area (Å²) in [6.07, 6.45) is 0. The molecule has 0 saturated heterocycles. The van der Waals surface area contributed by atoms with Crippen LogP contribution in [0.1, 0.15) is 42.3 Å². The maximum Gasteiger partial charge on any atom is 0.339 e. The Morgan fingerprint density at radius 1 is 1.09 bits per heavy atom. The molecule has 5 heteroatoms. The number of ether oxygens (including phenoxy) is 1. The lowest BCUT2D eigenvalue weighted by Gasteiger charge is -2.35. The molecule has 0 aliphatic heterocycles. The first kappa shape index (κ1) is 19.2. The molecule has 0 spiro atoms. The van der Waals surface area contributed by atoms with Crippen LogP contribution in [-0.2, 0) is 9.53 Å². The third kappa shape index (κ3) is 4.55. The smallest absolute Gasteiger partial charge is 0.339 e. The zero-order chi connectivity index (χ0) is 17.6. The SMILES string of the molecule is CC[N+](CC)(CC)CC(=O)Nc1c(C)cc(C)cc1C(=O)OC. The fourth-order valence-electron chi connectivity index (χ4n) is 2.89. The number of hydrogen-bond donors (Lipinski definition) is 1. The number of rotatable bonds is 7. The number of nitrogens with zero attached hydrogens (tertiary/aromatic N) is 1. The van der Waals surface area contributed by atoms with Gasteiger partial charge in [0.1, 0.15) is 0 Å². The van der Waals surface area contributed by atoms with E-state index in [9.17, 15) is 9.59 Å². The Hall–Kier alpha value is -1.88. The van der Waals surface area contributed by atoms with Crippen LogP contribution < -0.4 is 5.32 Å². The summed E-state index contributed by atoms with van der Waals surface area (Å²) >= 11 is 0. The highest BCUT2D eigenvalue weighted by molar-refractivity contribution is 6.02. The molecule has 0 aromatic heterocycles. The Morgan fingerprint density at radius 2 is 1.65 bits per heavy atom. The Morgan fingerprint density at radius 3 is 2.13 bits per heavy atom. The van der Waals surface area contributed by atoms with Gasteiger partial charge in [0, 0.05) is 0 Å². The van der Waals surface area contributed by atoms with Crippen molar-refractivity contribution in [3.63, 3.8) is 0 Å². The van der Waals surface area contributed by atoms with Gasteiger partial charge in [-0.15, -0.1) is 0 Å². The fourth-order valence-corrected chi connectivity index (χ4v) is 2.89. The van der Waals surface area contributed by atoms with E-state index in [0.717, 1.165) is 35.2 Å². The van der Waals surface area contributed by atoms with Crippen LogP contribution in [0.15, 0.2) is 12.1 Å². The lowest BCUT2D eigenvalue weighted by Crippen LogP contribution is -2.52. The lowest BCUT2D eigenvalue weighted by atomic mass is 10.0. The van der Waals surface area contributed by atoms with Gasteiger partial charge in [-0.3, -0.25) is 4.79 Å². The van der Waals surface area contributed by atoms with Crippen molar-refractivity contribution < 1.29 is 18.8 Å². The van der Waals surface area contributed by atoms with Crippen molar-refractivity contribution in [2.24, 2.45) is 0 Å². The molecule has 0 unspecified atom stereocenters. The molecular formula is C18H29N2O3+. The molecule has 0 atom stereocenters. The number of aryl methyl sites for hydroxylation is 2. The predicted octanol–water partition coefficient (Wildman–Crippen LogP) is 2.91. The number of quaternary nitrogens is 1. The molecular weight excluding hydrogens is 292 g/mol. The van der Waals surface area contributed by atoms with Crippen molar-refractivity contribution in [3.8, 4) is 0 Å². The zero-order valence-electron chi connectivity index (χ0n) is 15.2. The minimum atomic E-state index is -0.436. The summed E-state index contributed by atoms with van der Waals surface area (Å²) in [4.78, 5) is 24.5. The van der Waals surface area contributed by atoms with Crippen LogP contribution in [0.4, 0.5) is 5.69 Å². The summed E-state index contributed by atoms with van der Waals surface area (Å²) in [6.45, 7) is 13.2. The number of nitrogens with one attached hydrogen (secondary N) is 1. The van der Waals surface area contributed by atoms with Crippen LogP contribution >= 0.6 is 0 Å². The first-order valence-corrected chi connectivity index (χ1v) is 8.17. The van der Waals surface area contributed by atoms with Crippen LogP contribution in [0.25, 0.3) is 0 Å². The molecule has 23 heavy (non-hydrogen) atoms. The summed E-state index contributed by atoms with van der Waals surface area (Å²) in [5.41, 5.74) is 2.78. The number of carbonyl (C=O) groups excluding carboxylic acids is 2. The van der Waals surface area contributed by atoms with Crippen LogP contribution in [0.2, 0.25) is 0 Å². The van der Waals surface area contributed by atoms with E-state index in [4.69, 9.17) is 4.74 Å². The number of benzene rings is 1. The summed E-state index contributed by atoms with van der Waals surface area (Å²) in [5.74, 6) is -0.512. The standard InChI is InChI=1S/C18H28N2O3/c1-7-20(8-2,9-3)12-16(21)19-17-14(5)10-13(4)11-15(17)18(22)23-6/h10-11H,7-9,12H2,1-6H3/p+1.